The lowest BCUT2D eigenvalue weighted by atomic mass is 10.1. The predicted molar refractivity (Wildman–Crippen MR) is 106 cm³/mol. The Hall–Kier alpha value is -3.08. The van der Waals surface area contributed by atoms with Crippen LogP contribution in [0.5, 0.6) is 0 Å². The molecule has 5 heteroatoms. The third-order valence-corrected chi connectivity index (χ3v) is 4.96. The first-order chi connectivity index (χ1) is 12.3. The number of amidine groups is 1. The standard InChI is InChI=1S/C21H22N4O/c1-11-5-12(2)7-15(6-11)25-10-18(26)19(20(25)22)21-23-16-8-13(3)14(4)9-17(16)24-21/h5-9,22,26H,10H2,1-4H3,(H,23,24). The molecule has 1 aliphatic rings. The molecular weight excluding hydrogens is 324 g/mol. The zero-order valence-corrected chi connectivity index (χ0v) is 15.4. The summed E-state index contributed by atoms with van der Waals surface area (Å²) in [4.78, 5) is 9.70. The molecule has 4 rings (SSSR count). The number of imidazole rings is 1. The molecule has 0 spiro atoms. The van der Waals surface area contributed by atoms with Crippen LogP contribution in [0.2, 0.25) is 0 Å². The summed E-state index contributed by atoms with van der Waals surface area (Å²) >= 11 is 0. The fourth-order valence-electron chi connectivity index (χ4n) is 3.54. The zero-order chi connectivity index (χ0) is 18.6. The van der Waals surface area contributed by atoms with E-state index in [0.717, 1.165) is 27.8 Å². The van der Waals surface area contributed by atoms with E-state index in [-0.39, 0.29) is 18.1 Å². The van der Waals surface area contributed by atoms with Gasteiger partial charge in [-0.05, 0) is 74.2 Å². The first-order valence-electron chi connectivity index (χ1n) is 8.67. The molecule has 3 N–H and O–H groups in total. The van der Waals surface area contributed by atoms with Gasteiger partial charge in [0.05, 0.1) is 23.2 Å². The van der Waals surface area contributed by atoms with Crippen molar-refractivity contribution in [2.24, 2.45) is 0 Å². The second-order valence-corrected chi connectivity index (χ2v) is 7.14. The quantitative estimate of drug-likeness (QED) is 0.636. The minimum Gasteiger partial charge on any atom is -0.509 e. The number of rotatable bonds is 2. The number of nitrogens with zero attached hydrogens (tertiary/aromatic N) is 2. The number of nitrogens with one attached hydrogen (secondary N) is 2. The number of aromatic amines is 1. The van der Waals surface area contributed by atoms with Crippen LogP contribution in [0.1, 0.15) is 28.1 Å². The van der Waals surface area contributed by atoms with Gasteiger partial charge in [-0.15, -0.1) is 0 Å². The fraction of sp³-hybridized carbons (Fsp3) is 0.238. The van der Waals surface area contributed by atoms with Crippen molar-refractivity contribution >= 4 is 28.1 Å². The molecule has 0 unspecified atom stereocenters. The van der Waals surface area contributed by atoms with Gasteiger partial charge < -0.3 is 15.0 Å². The van der Waals surface area contributed by atoms with E-state index in [4.69, 9.17) is 5.41 Å². The highest BCUT2D eigenvalue weighted by molar-refractivity contribution is 6.30. The number of H-pyrrole nitrogens is 1. The monoisotopic (exact) mass is 346 g/mol. The summed E-state index contributed by atoms with van der Waals surface area (Å²) in [7, 11) is 0. The number of aliphatic hydroxyl groups is 1. The van der Waals surface area contributed by atoms with Crippen LogP contribution in [-0.4, -0.2) is 27.5 Å². The van der Waals surface area contributed by atoms with Crippen molar-refractivity contribution < 1.29 is 5.11 Å². The number of fused-ring (bicyclic) bond motifs is 1. The molecule has 1 aromatic heterocycles. The molecule has 2 heterocycles. The van der Waals surface area contributed by atoms with E-state index < -0.39 is 0 Å². The highest BCUT2D eigenvalue weighted by atomic mass is 16.3. The van der Waals surface area contributed by atoms with E-state index in [9.17, 15) is 5.11 Å². The van der Waals surface area contributed by atoms with Gasteiger partial charge in [0.1, 0.15) is 17.4 Å². The van der Waals surface area contributed by atoms with E-state index in [1.807, 2.05) is 36.9 Å². The van der Waals surface area contributed by atoms with Crippen molar-refractivity contribution in [2.45, 2.75) is 27.7 Å². The molecule has 26 heavy (non-hydrogen) atoms. The van der Waals surface area contributed by atoms with Crippen molar-refractivity contribution in [1.29, 1.82) is 5.41 Å². The van der Waals surface area contributed by atoms with E-state index in [1.165, 1.54) is 11.1 Å². The Morgan fingerprint density at radius 2 is 1.65 bits per heavy atom. The number of aryl methyl sites for hydroxylation is 4. The van der Waals surface area contributed by atoms with Crippen LogP contribution in [0.25, 0.3) is 16.6 Å². The molecule has 0 atom stereocenters. The van der Waals surface area contributed by atoms with Gasteiger partial charge in [0.2, 0.25) is 0 Å². The second kappa shape index (κ2) is 5.73. The SMILES string of the molecule is Cc1cc(C)cc(N2CC(O)=C(c3nc4cc(C)c(C)cc4[nH]3)C2=N)c1. The minimum atomic E-state index is 0.168. The molecule has 0 aliphatic carbocycles. The summed E-state index contributed by atoms with van der Waals surface area (Å²) in [5.41, 5.74) is 7.77. The Morgan fingerprint density at radius 3 is 2.35 bits per heavy atom. The van der Waals surface area contributed by atoms with Crippen LogP contribution >= 0.6 is 0 Å². The smallest absolute Gasteiger partial charge is 0.145 e. The average molecular weight is 346 g/mol. The predicted octanol–water partition coefficient (Wildman–Crippen LogP) is 4.56. The van der Waals surface area contributed by atoms with Gasteiger partial charge in [0.15, 0.2) is 0 Å². The van der Waals surface area contributed by atoms with E-state index in [2.05, 4.69) is 35.9 Å². The zero-order valence-electron chi connectivity index (χ0n) is 15.4. The molecule has 0 bridgehead atoms. The molecule has 0 fully saturated rings. The van der Waals surface area contributed by atoms with Crippen molar-refractivity contribution in [1.82, 2.24) is 9.97 Å². The molecule has 3 aromatic rings. The van der Waals surface area contributed by atoms with Gasteiger partial charge in [-0.3, -0.25) is 5.41 Å². The van der Waals surface area contributed by atoms with Gasteiger partial charge >= 0.3 is 0 Å². The molecule has 0 radical (unpaired) electrons. The summed E-state index contributed by atoms with van der Waals surface area (Å²) in [6, 6.07) is 10.2. The summed E-state index contributed by atoms with van der Waals surface area (Å²) in [6.45, 7) is 8.47. The van der Waals surface area contributed by atoms with Gasteiger partial charge in [0.25, 0.3) is 0 Å². The lowest BCUT2D eigenvalue weighted by Gasteiger charge is -2.19. The van der Waals surface area contributed by atoms with E-state index in [1.54, 1.807) is 0 Å². The van der Waals surface area contributed by atoms with Crippen LogP contribution in [0, 0.1) is 33.1 Å². The normalized spacial score (nSPS) is 14.8. The number of anilines is 1. The Kier molecular flexibility index (Phi) is 3.61. The molecule has 5 nitrogen and oxygen atoms in total. The molecule has 132 valence electrons. The lowest BCUT2D eigenvalue weighted by Crippen LogP contribution is -2.26. The second-order valence-electron chi connectivity index (χ2n) is 7.14. The van der Waals surface area contributed by atoms with Crippen LogP contribution in [0.15, 0.2) is 36.1 Å². The number of benzene rings is 2. The van der Waals surface area contributed by atoms with Crippen LogP contribution in [-0.2, 0) is 0 Å². The largest absolute Gasteiger partial charge is 0.509 e. The van der Waals surface area contributed by atoms with Gasteiger partial charge in [-0.25, -0.2) is 4.98 Å². The summed E-state index contributed by atoms with van der Waals surface area (Å²) in [6.07, 6.45) is 0. The molecule has 0 saturated heterocycles. The molecule has 2 aromatic carbocycles. The first kappa shape index (κ1) is 16.4. The lowest BCUT2D eigenvalue weighted by molar-refractivity contribution is 0.411. The average Bonchev–Trinajstić information content (AvgIpc) is 3.07. The van der Waals surface area contributed by atoms with Crippen LogP contribution < -0.4 is 4.90 Å². The summed E-state index contributed by atoms with van der Waals surface area (Å²) < 4.78 is 0. The van der Waals surface area contributed by atoms with Crippen LogP contribution in [0.3, 0.4) is 0 Å². The van der Waals surface area contributed by atoms with Crippen LogP contribution in [0.4, 0.5) is 5.69 Å². The van der Waals surface area contributed by atoms with E-state index >= 15 is 0 Å². The maximum absolute atomic E-state index is 10.6. The Bertz CT molecular complexity index is 1030. The third kappa shape index (κ3) is 2.56. The van der Waals surface area contributed by atoms with E-state index in [0.29, 0.717) is 11.4 Å². The fourth-order valence-corrected chi connectivity index (χ4v) is 3.54. The topological polar surface area (TPSA) is 76.0 Å². The van der Waals surface area contributed by atoms with Crippen molar-refractivity contribution in [3.8, 4) is 0 Å². The maximum atomic E-state index is 10.6. The third-order valence-electron chi connectivity index (χ3n) is 4.96. The van der Waals surface area contributed by atoms with Crippen molar-refractivity contribution in [3.05, 3.63) is 64.2 Å². The van der Waals surface area contributed by atoms with Gasteiger partial charge in [0, 0.05) is 5.69 Å². The first-order valence-corrected chi connectivity index (χ1v) is 8.67. The van der Waals surface area contributed by atoms with Crippen molar-refractivity contribution in [3.63, 3.8) is 0 Å². The Morgan fingerprint density at radius 1 is 1.00 bits per heavy atom. The molecule has 1 aliphatic heterocycles. The number of aliphatic hydroxyl groups excluding tert-OH is 1. The van der Waals surface area contributed by atoms with Gasteiger partial charge in [-0.1, -0.05) is 6.07 Å². The number of hydrogen-bond donors (Lipinski definition) is 3. The van der Waals surface area contributed by atoms with Crippen molar-refractivity contribution in [2.75, 3.05) is 11.4 Å². The Balaban J connectivity index is 1.75. The highest BCUT2D eigenvalue weighted by Gasteiger charge is 2.31. The molecule has 0 saturated carbocycles. The number of aromatic nitrogens is 2. The molecule has 0 amide bonds. The minimum absolute atomic E-state index is 0.168. The summed E-state index contributed by atoms with van der Waals surface area (Å²) in [5, 5.41) is 19.2. The highest BCUT2D eigenvalue weighted by Crippen LogP contribution is 2.32. The number of hydrogen-bond acceptors (Lipinski definition) is 3. The Labute approximate surface area is 152 Å². The summed E-state index contributed by atoms with van der Waals surface area (Å²) in [5.74, 6) is 0.973. The van der Waals surface area contributed by atoms with Gasteiger partial charge in [-0.2, -0.15) is 0 Å². The molecular formula is C21H22N4O. The maximum Gasteiger partial charge on any atom is 0.145 e.